The highest BCUT2D eigenvalue weighted by Crippen LogP contribution is 2.31. The van der Waals surface area contributed by atoms with Gasteiger partial charge in [-0.25, -0.2) is 12.8 Å². The van der Waals surface area contributed by atoms with Crippen molar-refractivity contribution in [3.63, 3.8) is 0 Å². The van der Waals surface area contributed by atoms with Gasteiger partial charge in [0.15, 0.2) is 0 Å². The minimum absolute atomic E-state index is 0.0398. The second kappa shape index (κ2) is 5.19. The Kier molecular flexibility index (Phi) is 3.94. The molecule has 106 valence electrons. The molecule has 1 saturated carbocycles. The molecule has 1 aromatic carbocycles. The van der Waals surface area contributed by atoms with Crippen LogP contribution in [-0.2, 0) is 10.0 Å². The molecular weight excluding hydrogens is 269 g/mol. The third-order valence-electron chi connectivity index (χ3n) is 3.57. The van der Waals surface area contributed by atoms with E-state index in [4.69, 9.17) is 0 Å². The van der Waals surface area contributed by atoms with E-state index in [0.29, 0.717) is 12.8 Å². The van der Waals surface area contributed by atoms with Gasteiger partial charge >= 0.3 is 0 Å². The Bertz CT molecular complexity index is 536. The van der Waals surface area contributed by atoms with Crippen LogP contribution in [0.5, 0.6) is 0 Å². The molecule has 0 saturated heterocycles. The minimum Gasteiger partial charge on any atom is -0.389 e. The summed E-state index contributed by atoms with van der Waals surface area (Å²) in [7, 11) is -2.24. The highest BCUT2D eigenvalue weighted by molar-refractivity contribution is 7.89. The fraction of sp³-hybridized carbons (Fsp3) is 0.538. The van der Waals surface area contributed by atoms with Gasteiger partial charge in [-0.1, -0.05) is 12.8 Å². The molecule has 0 radical (unpaired) electrons. The topological polar surface area (TPSA) is 57.6 Å². The first kappa shape index (κ1) is 14.4. The predicted molar refractivity (Wildman–Crippen MR) is 69.6 cm³/mol. The Labute approximate surface area is 112 Å². The van der Waals surface area contributed by atoms with E-state index in [-0.39, 0.29) is 11.4 Å². The summed E-state index contributed by atoms with van der Waals surface area (Å²) < 4.78 is 38.5. The molecule has 0 bridgehead atoms. The van der Waals surface area contributed by atoms with Crippen molar-refractivity contribution in [3.05, 3.63) is 30.1 Å². The van der Waals surface area contributed by atoms with Gasteiger partial charge < -0.3 is 5.11 Å². The Hall–Kier alpha value is -0.980. The Balaban J connectivity index is 2.17. The Morgan fingerprint density at radius 2 is 1.79 bits per heavy atom. The van der Waals surface area contributed by atoms with E-state index in [1.165, 1.54) is 19.2 Å². The summed E-state index contributed by atoms with van der Waals surface area (Å²) in [5.74, 6) is -0.476. The van der Waals surface area contributed by atoms with Crippen LogP contribution < -0.4 is 0 Å². The normalized spacial score (nSPS) is 18.9. The zero-order valence-electron chi connectivity index (χ0n) is 10.8. The highest BCUT2D eigenvalue weighted by Gasteiger charge is 2.35. The lowest BCUT2D eigenvalue weighted by Gasteiger charge is -2.28. The summed E-state index contributed by atoms with van der Waals surface area (Å²) in [4.78, 5) is 0.0398. The van der Waals surface area contributed by atoms with Crippen LogP contribution in [0.15, 0.2) is 29.2 Å². The summed E-state index contributed by atoms with van der Waals surface area (Å²) in [6.45, 7) is 0.0761. The average Bonchev–Trinajstić information content (AvgIpc) is 2.76. The molecule has 0 atom stereocenters. The van der Waals surface area contributed by atoms with E-state index in [1.54, 1.807) is 0 Å². The second-order valence-corrected chi connectivity index (χ2v) is 7.19. The number of benzene rings is 1. The number of aliphatic hydroxyl groups is 1. The summed E-state index contributed by atoms with van der Waals surface area (Å²) in [6.07, 6.45) is 3.08. The second-order valence-electron chi connectivity index (χ2n) is 5.15. The molecule has 1 fully saturated rings. The van der Waals surface area contributed by atoms with E-state index < -0.39 is 21.4 Å². The van der Waals surface area contributed by atoms with Crippen LogP contribution in [0.3, 0.4) is 0 Å². The molecule has 0 aliphatic heterocycles. The van der Waals surface area contributed by atoms with Crippen LogP contribution in [0.25, 0.3) is 0 Å². The van der Waals surface area contributed by atoms with E-state index in [9.17, 15) is 17.9 Å². The molecule has 4 nitrogen and oxygen atoms in total. The van der Waals surface area contributed by atoms with Crippen molar-refractivity contribution in [3.8, 4) is 0 Å². The van der Waals surface area contributed by atoms with Gasteiger partial charge in [-0.15, -0.1) is 0 Å². The minimum atomic E-state index is -3.67. The first-order valence-corrected chi connectivity index (χ1v) is 7.72. The molecule has 1 aliphatic rings. The van der Waals surface area contributed by atoms with Crippen LogP contribution >= 0.6 is 0 Å². The molecule has 0 spiro atoms. The lowest BCUT2D eigenvalue weighted by atomic mass is 10.0. The van der Waals surface area contributed by atoms with Crippen LogP contribution in [0, 0.1) is 5.82 Å². The maximum absolute atomic E-state index is 12.8. The molecule has 19 heavy (non-hydrogen) atoms. The lowest BCUT2D eigenvalue weighted by Crippen LogP contribution is -2.41. The van der Waals surface area contributed by atoms with Gasteiger partial charge in [-0.3, -0.25) is 0 Å². The summed E-state index contributed by atoms with van der Waals surface area (Å²) in [6, 6.07) is 4.70. The number of halogens is 1. The summed E-state index contributed by atoms with van der Waals surface area (Å²) >= 11 is 0. The van der Waals surface area contributed by atoms with Crippen molar-refractivity contribution in [2.45, 2.75) is 36.2 Å². The van der Waals surface area contributed by atoms with Gasteiger partial charge in [0.25, 0.3) is 0 Å². The van der Waals surface area contributed by atoms with Crippen LogP contribution in [0.1, 0.15) is 25.7 Å². The summed E-state index contributed by atoms with van der Waals surface area (Å²) in [5.41, 5.74) is -0.929. The Morgan fingerprint density at radius 1 is 1.26 bits per heavy atom. The fourth-order valence-corrected chi connectivity index (χ4v) is 3.73. The quantitative estimate of drug-likeness (QED) is 0.918. The van der Waals surface area contributed by atoms with Crippen LogP contribution in [0.2, 0.25) is 0 Å². The van der Waals surface area contributed by atoms with Crippen molar-refractivity contribution in [1.29, 1.82) is 0 Å². The number of hydrogen-bond acceptors (Lipinski definition) is 3. The number of likely N-dealkylation sites (N-methyl/N-ethyl adjacent to an activating group) is 1. The average molecular weight is 287 g/mol. The molecule has 0 unspecified atom stereocenters. The Morgan fingerprint density at radius 3 is 2.32 bits per heavy atom. The fourth-order valence-electron chi connectivity index (χ4n) is 2.48. The SMILES string of the molecule is CN(CC1(O)CCCC1)S(=O)(=O)c1ccc(F)cc1. The van der Waals surface area contributed by atoms with Gasteiger partial charge in [-0.2, -0.15) is 4.31 Å². The number of nitrogens with zero attached hydrogens (tertiary/aromatic N) is 1. The smallest absolute Gasteiger partial charge is 0.242 e. The zero-order chi connectivity index (χ0) is 14.1. The molecule has 1 aliphatic carbocycles. The molecule has 0 heterocycles. The molecule has 0 amide bonds. The van der Waals surface area contributed by atoms with Gasteiger partial charge in [0.05, 0.1) is 10.5 Å². The largest absolute Gasteiger partial charge is 0.389 e. The van der Waals surface area contributed by atoms with Crippen molar-refractivity contribution in [2.24, 2.45) is 0 Å². The monoisotopic (exact) mass is 287 g/mol. The molecule has 0 aromatic heterocycles. The van der Waals surface area contributed by atoms with Crippen LogP contribution in [-0.4, -0.2) is 37.0 Å². The maximum Gasteiger partial charge on any atom is 0.242 e. The third kappa shape index (κ3) is 3.13. The highest BCUT2D eigenvalue weighted by atomic mass is 32.2. The molecule has 6 heteroatoms. The number of sulfonamides is 1. The lowest BCUT2D eigenvalue weighted by molar-refractivity contribution is 0.0333. The van der Waals surface area contributed by atoms with E-state index in [1.807, 2.05) is 0 Å². The van der Waals surface area contributed by atoms with Crippen molar-refractivity contribution in [2.75, 3.05) is 13.6 Å². The number of rotatable bonds is 4. The standard InChI is InChI=1S/C13H18FNO3S/c1-15(10-13(16)8-2-3-9-13)19(17,18)12-6-4-11(14)5-7-12/h4-7,16H,2-3,8-10H2,1H3. The van der Waals surface area contributed by atoms with E-state index in [0.717, 1.165) is 29.3 Å². The van der Waals surface area contributed by atoms with Crippen LogP contribution in [0.4, 0.5) is 4.39 Å². The van der Waals surface area contributed by atoms with Gasteiger partial charge in [0.2, 0.25) is 10.0 Å². The molecular formula is C13H18FNO3S. The molecule has 2 rings (SSSR count). The molecule has 1 aromatic rings. The summed E-state index contributed by atoms with van der Waals surface area (Å²) in [5, 5.41) is 10.2. The first-order chi connectivity index (χ1) is 8.83. The molecule has 1 N–H and O–H groups in total. The van der Waals surface area contributed by atoms with Crippen molar-refractivity contribution in [1.82, 2.24) is 4.31 Å². The van der Waals surface area contributed by atoms with Gasteiger partial charge in [0.1, 0.15) is 5.82 Å². The van der Waals surface area contributed by atoms with Gasteiger partial charge in [0, 0.05) is 13.6 Å². The zero-order valence-corrected chi connectivity index (χ0v) is 11.7. The first-order valence-electron chi connectivity index (χ1n) is 6.28. The van der Waals surface area contributed by atoms with Gasteiger partial charge in [-0.05, 0) is 37.1 Å². The van der Waals surface area contributed by atoms with E-state index >= 15 is 0 Å². The maximum atomic E-state index is 12.8. The predicted octanol–water partition coefficient (Wildman–Crippen LogP) is 1.75. The number of hydrogen-bond donors (Lipinski definition) is 1. The third-order valence-corrected chi connectivity index (χ3v) is 5.39. The van der Waals surface area contributed by atoms with Crippen molar-refractivity contribution >= 4 is 10.0 Å². The van der Waals surface area contributed by atoms with E-state index in [2.05, 4.69) is 0 Å². The van der Waals surface area contributed by atoms with Crippen molar-refractivity contribution < 1.29 is 17.9 Å².